The van der Waals surface area contributed by atoms with Crippen molar-refractivity contribution < 1.29 is 18.7 Å². The fraction of sp³-hybridized carbons (Fsp3) is 0.333. The molecule has 4 N–H and O–H groups in total. The first-order chi connectivity index (χ1) is 9.35. The van der Waals surface area contributed by atoms with Crippen molar-refractivity contribution in [2.24, 2.45) is 0 Å². The topological polar surface area (TPSA) is 98.7 Å². The summed E-state index contributed by atoms with van der Waals surface area (Å²) < 4.78 is 20.9. The van der Waals surface area contributed by atoms with Gasteiger partial charge in [0.05, 0.1) is 11.6 Å². The highest BCUT2D eigenvalue weighted by molar-refractivity contribution is 7.98. The Morgan fingerprint density at radius 2 is 2.20 bits per heavy atom. The molecule has 0 aromatic heterocycles. The number of aromatic carboxylic acids is 1. The summed E-state index contributed by atoms with van der Waals surface area (Å²) in [5.41, 5.74) is 0.724. The summed E-state index contributed by atoms with van der Waals surface area (Å²) in [6.45, 7) is 0. The zero-order chi connectivity index (χ0) is 14.8. The Bertz CT molecular complexity index is 591. The number of hydrogen-bond acceptors (Lipinski definition) is 3. The van der Waals surface area contributed by atoms with Crippen LogP contribution in [-0.4, -0.2) is 38.3 Å². The Balaban J connectivity index is 1.93. The van der Waals surface area contributed by atoms with E-state index in [4.69, 9.17) is 17.3 Å². The van der Waals surface area contributed by atoms with Gasteiger partial charge in [-0.15, -0.1) is 0 Å². The smallest absolute Gasteiger partial charge is 0.335 e. The normalized spacial score (nSPS) is 25.1. The zero-order valence-corrected chi connectivity index (χ0v) is 12.2. The zero-order valence-electron chi connectivity index (χ0n) is 10.5. The molecule has 2 atom stereocenters. The third-order valence-electron chi connectivity index (χ3n) is 2.95. The lowest BCUT2D eigenvalue weighted by Gasteiger charge is -2.13. The molecule has 6 nitrogen and oxygen atoms in total. The molecule has 1 heterocycles. The standard InChI is InChI=1S/C12H14N2O4S2/c15-11(16)8-2-1-3-9(6-8)13-12(19)14-10-4-5-20(17,18)7-10/h1-3,6,10H,4-5,7H2,(H3-,13,14,15,16,17,18,19)/p+1/t10-/m1/s1. The number of rotatable bonds is 3. The van der Waals surface area contributed by atoms with Gasteiger partial charge in [-0.1, -0.05) is 10.3 Å². The summed E-state index contributed by atoms with van der Waals surface area (Å²) in [4.78, 5) is 10.9. The Labute approximate surface area is 122 Å². The van der Waals surface area contributed by atoms with Crippen LogP contribution in [0.15, 0.2) is 24.3 Å². The van der Waals surface area contributed by atoms with Gasteiger partial charge in [-0.3, -0.25) is 0 Å². The molecule has 1 saturated heterocycles. The molecule has 0 amide bonds. The maximum Gasteiger partial charge on any atom is 0.335 e. The molecule has 0 aliphatic carbocycles. The van der Waals surface area contributed by atoms with E-state index >= 15 is 0 Å². The van der Waals surface area contributed by atoms with Crippen molar-refractivity contribution in [1.82, 2.24) is 5.32 Å². The number of carboxylic acid groups (broad SMARTS) is 1. The quantitative estimate of drug-likeness (QED) is 0.494. The minimum atomic E-state index is -2.71. The van der Waals surface area contributed by atoms with Gasteiger partial charge >= 0.3 is 5.97 Å². The fourth-order valence-corrected chi connectivity index (χ4v) is 3.99. The van der Waals surface area contributed by atoms with Crippen LogP contribution >= 0.6 is 12.2 Å². The lowest BCUT2D eigenvalue weighted by atomic mass is 10.2. The van der Waals surface area contributed by atoms with Gasteiger partial charge in [-0.2, -0.15) is 4.55 Å². The van der Waals surface area contributed by atoms with Gasteiger partial charge in [0.25, 0.3) is 0 Å². The minimum absolute atomic E-state index is 0.129. The van der Waals surface area contributed by atoms with Crippen LogP contribution in [0.3, 0.4) is 0 Å². The monoisotopic (exact) mass is 315 g/mol. The Kier molecular flexibility index (Phi) is 4.36. The van der Waals surface area contributed by atoms with Gasteiger partial charge < -0.3 is 15.7 Å². The third kappa shape index (κ3) is 3.99. The second-order valence-corrected chi connectivity index (χ2v) is 7.31. The summed E-state index contributed by atoms with van der Waals surface area (Å²) in [6.07, 6.45) is 0.590. The molecule has 1 aromatic carbocycles. The van der Waals surface area contributed by atoms with Gasteiger partial charge in [0.1, 0.15) is 5.75 Å². The summed E-state index contributed by atoms with van der Waals surface area (Å²) >= 11 is 5.11. The van der Waals surface area contributed by atoms with Crippen LogP contribution in [0.25, 0.3) is 0 Å². The summed E-state index contributed by atoms with van der Waals surface area (Å²) in [5, 5.41) is 15.0. The summed E-state index contributed by atoms with van der Waals surface area (Å²) in [7, 11) is -2.71. The molecule has 1 aliphatic rings. The Morgan fingerprint density at radius 1 is 1.45 bits per heavy atom. The summed E-state index contributed by atoms with van der Waals surface area (Å²) in [5.74, 6) is -0.547. The van der Waals surface area contributed by atoms with Gasteiger partial charge in [0.2, 0.25) is 10.2 Å². The molecule has 0 spiro atoms. The van der Waals surface area contributed by atoms with Gasteiger partial charge in [0.15, 0.2) is 10.9 Å². The van der Waals surface area contributed by atoms with E-state index in [-0.39, 0.29) is 23.1 Å². The Morgan fingerprint density at radius 3 is 2.80 bits per heavy atom. The molecule has 0 bridgehead atoms. The van der Waals surface area contributed by atoms with E-state index in [1.165, 1.54) is 12.1 Å². The van der Waals surface area contributed by atoms with Crippen molar-refractivity contribution in [3.8, 4) is 0 Å². The van der Waals surface area contributed by atoms with E-state index in [9.17, 15) is 13.6 Å². The number of benzene rings is 1. The van der Waals surface area contributed by atoms with Crippen LogP contribution in [0.4, 0.5) is 5.69 Å². The van der Waals surface area contributed by atoms with Crippen molar-refractivity contribution in [2.45, 2.75) is 12.5 Å². The van der Waals surface area contributed by atoms with Gasteiger partial charge in [-0.05, 0) is 30.4 Å². The molecular weight excluding hydrogens is 300 g/mol. The van der Waals surface area contributed by atoms with Crippen LogP contribution in [-0.2, 0) is 14.4 Å². The largest absolute Gasteiger partial charge is 0.478 e. The highest BCUT2D eigenvalue weighted by Crippen LogP contribution is 2.17. The summed E-state index contributed by atoms with van der Waals surface area (Å²) in [6, 6.07) is 6.15. The number of hydrogen-bond donors (Lipinski definition) is 4. The molecular formula is C12H15N2O4S2+. The van der Waals surface area contributed by atoms with Crippen LogP contribution < -0.4 is 10.6 Å². The molecule has 1 aliphatic heterocycles. The molecule has 0 saturated carbocycles. The molecule has 1 aromatic rings. The van der Waals surface area contributed by atoms with Crippen LogP contribution in [0, 0.1) is 0 Å². The highest BCUT2D eigenvalue weighted by atomic mass is 32.3. The van der Waals surface area contributed by atoms with Crippen molar-refractivity contribution >= 4 is 39.2 Å². The van der Waals surface area contributed by atoms with Crippen molar-refractivity contribution in [2.75, 3.05) is 16.8 Å². The number of nitrogens with one attached hydrogen (secondary N) is 2. The fourth-order valence-electron chi connectivity index (χ4n) is 2.00. The predicted molar refractivity (Wildman–Crippen MR) is 81.6 cm³/mol. The lowest BCUT2D eigenvalue weighted by molar-refractivity contribution is 0.0697. The van der Waals surface area contributed by atoms with Gasteiger partial charge in [-0.25, -0.2) is 4.79 Å². The maximum atomic E-state index is 11.4. The molecule has 0 radical (unpaired) electrons. The van der Waals surface area contributed by atoms with Crippen LogP contribution in [0.1, 0.15) is 16.8 Å². The van der Waals surface area contributed by atoms with Crippen molar-refractivity contribution in [3.63, 3.8) is 0 Å². The van der Waals surface area contributed by atoms with E-state index in [0.717, 1.165) is 0 Å². The molecule has 2 rings (SSSR count). The number of carbonyl (C=O) groups is 1. The van der Waals surface area contributed by atoms with Crippen LogP contribution in [0.5, 0.6) is 0 Å². The van der Waals surface area contributed by atoms with E-state index in [1.54, 1.807) is 12.1 Å². The highest BCUT2D eigenvalue weighted by Gasteiger charge is 2.38. The van der Waals surface area contributed by atoms with E-state index in [1.807, 2.05) is 0 Å². The average Bonchev–Trinajstić information content (AvgIpc) is 2.68. The van der Waals surface area contributed by atoms with Crippen LogP contribution in [0.2, 0.25) is 0 Å². The van der Waals surface area contributed by atoms with Crippen molar-refractivity contribution in [3.05, 3.63) is 29.8 Å². The lowest BCUT2D eigenvalue weighted by Crippen LogP contribution is -2.38. The van der Waals surface area contributed by atoms with E-state index < -0.39 is 16.2 Å². The molecule has 8 heteroatoms. The number of anilines is 1. The van der Waals surface area contributed by atoms with E-state index in [0.29, 0.717) is 17.2 Å². The first-order valence-electron chi connectivity index (χ1n) is 5.98. The number of thiocarbonyl (C=S) groups is 1. The predicted octanol–water partition coefficient (Wildman–Crippen LogP) is 1.42. The minimum Gasteiger partial charge on any atom is -0.478 e. The average molecular weight is 315 g/mol. The molecule has 1 unspecified atom stereocenters. The molecule has 20 heavy (non-hydrogen) atoms. The second-order valence-electron chi connectivity index (χ2n) is 4.61. The third-order valence-corrected chi connectivity index (χ3v) is 4.97. The van der Waals surface area contributed by atoms with Crippen molar-refractivity contribution in [1.29, 1.82) is 0 Å². The number of carboxylic acids is 1. The maximum absolute atomic E-state index is 11.4. The van der Waals surface area contributed by atoms with Gasteiger partial charge in [0, 0.05) is 12.1 Å². The Hall–Kier alpha value is -1.51. The van der Waals surface area contributed by atoms with E-state index in [2.05, 4.69) is 10.6 Å². The molecule has 1 fully saturated rings. The second kappa shape index (κ2) is 5.86. The SMILES string of the molecule is O=C(O)c1cccc(NC(=S)N[C@@H]2CC[S+](=O)(O)C2)c1. The first-order valence-corrected chi connectivity index (χ1v) is 8.25. The molecule has 108 valence electrons. The first kappa shape index (κ1) is 14.9.